The van der Waals surface area contributed by atoms with Crippen molar-refractivity contribution >= 4 is 35.3 Å². The van der Waals surface area contributed by atoms with Crippen LogP contribution in [0.2, 0.25) is 5.02 Å². The number of nitrogens with one attached hydrogen (secondary N) is 1. The molecular weight excluding hydrogens is 439 g/mol. The van der Waals surface area contributed by atoms with E-state index in [9.17, 15) is 9.18 Å². The topological polar surface area (TPSA) is 69.0 Å². The Balaban J connectivity index is 1.70. The van der Waals surface area contributed by atoms with Gasteiger partial charge in [-0.3, -0.25) is 0 Å². The van der Waals surface area contributed by atoms with Crippen LogP contribution >= 0.6 is 23.4 Å². The van der Waals surface area contributed by atoms with Crippen molar-refractivity contribution in [1.82, 2.24) is 14.8 Å². The molecule has 1 atom stereocenters. The summed E-state index contributed by atoms with van der Waals surface area (Å²) < 4.78 is 20.5. The van der Waals surface area contributed by atoms with Gasteiger partial charge in [0.2, 0.25) is 11.1 Å². The van der Waals surface area contributed by atoms with Gasteiger partial charge in [-0.05, 0) is 43.2 Å². The number of nitrogens with zero attached hydrogens (tertiary/aromatic N) is 3. The molecule has 3 aromatic rings. The van der Waals surface area contributed by atoms with Gasteiger partial charge in [-0.15, -0.1) is 5.10 Å². The van der Waals surface area contributed by atoms with Gasteiger partial charge in [-0.2, -0.15) is 4.98 Å². The third-order valence-electron chi connectivity index (χ3n) is 4.83. The molecule has 2 heterocycles. The lowest BCUT2D eigenvalue weighted by Gasteiger charge is -2.28. The highest BCUT2D eigenvalue weighted by Crippen LogP contribution is 2.37. The van der Waals surface area contributed by atoms with Crippen LogP contribution in [-0.2, 0) is 15.3 Å². The third-order valence-corrected chi connectivity index (χ3v) is 6.08. The highest BCUT2D eigenvalue weighted by Gasteiger charge is 2.35. The zero-order valence-electron chi connectivity index (χ0n) is 16.9. The molecule has 0 saturated heterocycles. The van der Waals surface area contributed by atoms with E-state index in [1.807, 2.05) is 24.3 Å². The molecule has 6 nitrogen and oxygen atoms in total. The van der Waals surface area contributed by atoms with E-state index in [-0.39, 0.29) is 12.4 Å². The van der Waals surface area contributed by atoms with Crippen molar-refractivity contribution in [3.8, 4) is 0 Å². The number of allylic oxidation sites excluding steroid dienone is 1. The van der Waals surface area contributed by atoms with Crippen molar-refractivity contribution in [2.75, 3.05) is 11.9 Å². The summed E-state index contributed by atoms with van der Waals surface area (Å²) in [4.78, 5) is 17.3. The van der Waals surface area contributed by atoms with E-state index in [0.717, 1.165) is 5.56 Å². The Kier molecular flexibility index (Phi) is 6.29. The van der Waals surface area contributed by atoms with E-state index in [0.29, 0.717) is 38.7 Å². The molecule has 4 rings (SSSR count). The first-order valence-corrected chi connectivity index (χ1v) is 11.1. The standard InChI is InChI=1S/C22H20ClFN4O2S/c1-3-30-20(29)18-13(2)25-21-26-22(31-12-15-6-4-5-7-17(15)23)27-28(21)19(18)14-8-10-16(24)11-9-14/h4-11,19H,3,12H2,1-2H3,(H,25,26,27). The quantitative estimate of drug-likeness (QED) is 0.403. The Morgan fingerprint density at radius 2 is 2.00 bits per heavy atom. The summed E-state index contributed by atoms with van der Waals surface area (Å²) in [6.07, 6.45) is 0. The molecule has 9 heteroatoms. The minimum Gasteiger partial charge on any atom is -0.463 e. The number of halogens is 2. The maximum atomic E-state index is 13.5. The van der Waals surface area contributed by atoms with E-state index in [1.54, 1.807) is 30.7 Å². The number of esters is 1. The summed E-state index contributed by atoms with van der Waals surface area (Å²) in [6, 6.07) is 13.0. The van der Waals surface area contributed by atoms with Crippen molar-refractivity contribution in [2.45, 2.75) is 30.8 Å². The maximum Gasteiger partial charge on any atom is 0.338 e. The molecule has 160 valence electrons. The molecule has 0 amide bonds. The van der Waals surface area contributed by atoms with Gasteiger partial charge in [0.15, 0.2) is 0 Å². The number of anilines is 1. The van der Waals surface area contributed by atoms with Crippen molar-refractivity contribution in [3.63, 3.8) is 0 Å². The largest absolute Gasteiger partial charge is 0.463 e. The minimum atomic E-state index is -0.585. The van der Waals surface area contributed by atoms with E-state index in [4.69, 9.17) is 16.3 Å². The molecule has 0 fully saturated rings. The van der Waals surface area contributed by atoms with E-state index in [1.165, 1.54) is 23.9 Å². The van der Waals surface area contributed by atoms with Crippen molar-refractivity contribution in [3.05, 3.63) is 81.8 Å². The molecule has 0 aliphatic carbocycles. The molecule has 1 aliphatic heterocycles. The normalized spacial score (nSPS) is 15.4. The zero-order valence-corrected chi connectivity index (χ0v) is 18.5. The van der Waals surface area contributed by atoms with E-state index in [2.05, 4.69) is 15.4 Å². The summed E-state index contributed by atoms with van der Waals surface area (Å²) in [6.45, 7) is 3.79. The highest BCUT2D eigenvalue weighted by molar-refractivity contribution is 7.98. The first-order chi connectivity index (χ1) is 15.0. The van der Waals surface area contributed by atoms with Crippen LogP contribution in [0.1, 0.15) is 31.0 Å². The number of carbonyl (C=O) groups excluding carboxylic acids is 1. The summed E-state index contributed by atoms with van der Waals surface area (Å²) in [5.74, 6) is 0.294. The molecule has 0 saturated carbocycles. The lowest BCUT2D eigenvalue weighted by atomic mass is 9.96. The van der Waals surface area contributed by atoms with Gasteiger partial charge < -0.3 is 10.1 Å². The van der Waals surface area contributed by atoms with Crippen LogP contribution in [0.4, 0.5) is 10.3 Å². The van der Waals surface area contributed by atoms with Crippen molar-refractivity contribution < 1.29 is 13.9 Å². The fraction of sp³-hybridized carbons (Fsp3) is 0.227. The van der Waals surface area contributed by atoms with Crippen molar-refractivity contribution in [1.29, 1.82) is 0 Å². The highest BCUT2D eigenvalue weighted by atomic mass is 35.5. The van der Waals surface area contributed by atoms with E-state index < -0.39 is 12.0 Å². The zero-order chi connectivity index (χ0) is 22.0. The van der Waals surface area contributed by atoms with Crippen LogP contribution < -0.4 is 5.32 Å². The molecule has 0 bridgehead atoms. The van der Waals surface area contributed by atoms with Crippen molar-refractivity contribution in [2.24, 2.45) is 0 Å². The predicted molar refractivity (Wildman–Crippen MR) is 119 cm³/mol. The number of thioether (sulfide) groups is 1. The van der Waals surface area contributed by atoms with Crippen LogP contribution in [-0.4, -0.2) is 27.3 Å². The Labute approximate surface area is 188 Å². The summed E-state index contributed by atoms with van der Waals surface area (Å²) >= 11 is 7.69. The van der Waals surface area contributed by atoms with Crippen LogP contribution in [0, 0.1) is 5.82 Å². The maximum absolute atomic E-state index is 13.5. The molecule has 0 radical (unpaired) electrons. The van der Waals surface area contributed by atoms with Crippen LogP contribution in [0.5, 0.6) is 0 Å². The Morgan fingerprint density at radius 1 is 1.26 bits per heavy atom. The number of rotatable bonds is 6. The third kappa shape index (κ3) is 4.45. The number of hydrogen-bond donors (Lipinski definition) is 1. The van der Waals surface area contributed by atoms with Gasteiger partial charge in [0.25, 0.3) is 0 Å². The predicted octanol–water partition coefficient (Wildman–Crippen LogP) is 5.21. The summed E-state index contributed by atoms with van der Waals surface area (Å²) in [7, 11) is 0. The fourth-order valence-corrected chi connectivity index (χ4v) is 4.49. The van der Waals surface area contributed by atoms with Gasteiger partial charge in [-0.1, -0.05) is 53.7 Å². The van der Waals surface area contributed by atoms with Crippen LogP contribution in [0.25, 0.3) is 0 Å². The number of fused-ring (bicyclic) bond motifs is 1. The molecule has 1 aromatic heterocycles. The lowest BCUT2D eigenvalue weighted by molar-refractivity contribution is -0.139. The Bertz CT molecular complexity index is 1150. The molecule has 1 aliphatic rings. The SMILES string of the molecule is CCOC(=O)C1=C(C)Nc2nc(SCc3ccccc3Cl)nn2C1c1ccc(F)cc1. The van der Waals surface area contributed by atoms with Crippen LogP contribution in [0.15, 0.2) is 65.0 Å². The first kappa shape index (κ1) is 21.4. The Hall–Kier alpha value is -2.84. The second-order valence-electron chi connectivity index (χ2n) is 6.88. The number of aromatic nitrogens is 3. The van der Waals surface area contributed by atoms with Gasteiger partial charge >= 0.3 is 5.97 Å². The number of ether oxygens (including phenoxy) is 1. The number of carbonyl (C=O) groups is 1. The van der Waals surface area contributed by atoms with Gasteiger partial charge in [-0.25, -0.2) is 13.9 Å². The smallest absolute Gasteiger partial charge is 0.338 e. The second kappa shape index (κ2) is 9.11. The molecular formula is C22H20ClFN4O2S. The lowest BCUT2D eigenvalue weighted by Crippen LogP contribution is -2.29. The molecule has 0 spiro atoms. The fourth-order valence-electron chi connectivity index (χ4n) is 3.38. The van der Waals surface area contributed by atoms with Gasteiger partial charge in [0.1, 0.15) is 11.9 Å². The van der Waals surface area contributed by atoms with E-state index >= 15 is 0 Å². The number of hydrogen-bond acceptors (Lipinski definition) is 6. The van der Waals surface area contributed by atoms with Gasteiger partial charge in [0, 0.05) is 16.5 Å². The summed E-state index contributed by atoms with van der Waals surface area (Å²) in [5.41, 5.74) is 2.72. The molecule has 31 heavy (non-hydrogen) atoms. The average molecular weight is 459 g/mol. The Morgan fingerprint density at radius 3 is 2.71 bits per heavy atom. The molecule has 1 N–H and O–H groups in total. The molecule has 2 aromatic carbocycles. The average Bonchev–Trinajstić information content (AvgIpc) is 3.15. The van der Waals surface area contributed by atoms with Gasteiger partial charge in [0.05, 0.1) is 12.2 Å². The minimum absolute atomic E-state index is 0.245. The number of benzene rings is 2. The second-order valence-corrected chi connectivity index (χ2v) is 8.23. The van der Waals surface area contributed by atoms with Crippen LogP contribution in [0.3, 0.4) is 0 Å². The first-order valence-electron chi connectivity index (χ1n) is 9.71. The monoisotopic (exact) mass is 458 g/mol. The molecule has 1 unspecified atom stereocenters. The summed E-state index contributed by atoms with van der Waals surface area (Å²) in [5, 5.41) is 8.99.